The summed E-state index contributed by atoms with van der Waals surface area (Å²) in [6.45, 7) is 3.60. The maximum absolute atomic E-state index is 12.6. The van der Waals surface area contributed by atoms with Gasteiger partial charge in [-0.25, -0.2) is 4.98 Å². The first-order valence-corrected chi connectivity index (χ1v) is 11.1. The summed E-state index contributed by atoms with van der Waals surface area (Å²) in [6.07, 6.45) is 2.68. The van der Waals surface area contributed by atoms with Crippen LogP contribution in [0.3, 0.4) is 0 Å². The molecule has 9 heteroatoms. The molecule has 0 spiro atoms. The van der Waals surface area contributed by atoms with E-state index < -0.39 is 0 Å². The van der Waals surface area contributed by atoms with E-state index in [9.17, 15) is 4.79 Å². The van der Waals surface area contributed by atoms with E-state index in [4.69, 9.17) is 18.9 Å². The standard InChI is InChI=1S/C22H26N4O4S/c1-28-18-5-2-4-17(14-18)15-20-23-22(31-24-20)26(16-19-6-3-11-30-19)8-7-21(27)25-9-12-29-13-10-25/h2-6,11,14H,7-10,12-13,15-16H2,1H3. The molecule has 4 rings (SSSR count). The van der Waals surface area contributed by atoms with Crippen molar-refractivity contribution in [1.82, 2.24) is 14.3 Å². The molecule has 1 saturated heterocycles. The van der Waals surface area contributed by atoms with Crippen molar-refractivity contribution >= 4 is 22.6 Å². The van der Waals surface area contributed by atoms with Crippen LogP contribution in [-0.2, 0) is 22.5 Å². The molecule has 0 aliphatic carbocycles. The number of carbonyl (C=O) groups is 1. The Morgan fingerprint density at radius 2 is 2.13 bits per heavy atom. The summed E-state index contributed by atoms with van der Waals surface area (Å²) in [7, 11) is 1.66. The van der Waals surface area contributed by atoms with Gasteiger partial charge in [0.05, 0.1) is 33.1 Å². The smallest absolute Gasteiger partial charge is 0.224 e. The normalized spacial score (nSPS) is 13.9. The average Bonchev–Trinajstić information content (AvgIpc) is 3.49. The SMILES string of the molecule is COc1cccc(Cc2nsc(N(CCC(=O)N3CCOCC3)Cc3ccco3)n2)c1. The zero-order valence-electron chi connectivity index (χ0n) is 17.5. The number of hydrogen-bond donors (Lipinski definition) is 0. The van der Waals surface area contributed by atoms with E-state index >= 15 is 0 Å². The first kappa shape index (κ1) is 21.3. The number of carbonyl (C=O) groups excluding carboxylic acids is 1. The van der Waals surface area contributed by atoms with Gasteiger partial charge in [0.15, 0.2) is 0 Å². The first-order chi connectivity index (χ1) is 15.2. The third-order valence-corrected chi connectivity index (χ3v) is 5.93. The predicted octanol–water partition coefficient (Wildman–Crippen LogP) is 2.99. The molecule has 0 saturated carbocycles. The van der Waals surface area contributed by atoms with E-state index in [1.165, 1.54) is 11.5 Å². The highest BCUT2D eigenvalue weighted by atomic mass is 32.1. The Bertz CT molecular complexity index is 970. The summed E-state index contributed by atoms with van der Waals surface area (Å²) < 4.78 is 20.7. The molecule has 8 nitrogen and oxygen atoms in total. The van der Waals surface area contributed by atoms with Crippen molar-refractivity contribution in [1.29, 1.82) is 0 Å². The van der Waals surface area contributed by atoms with E-state index in [1.807, 2.05) is 41.3 Å². The van der Waals surface area contributed by atoms with Crippen LogP contribution in [0.5, 0.6) is 5.75 Å². The number of morpholine rings is 1. The van der Waals surface area contributed by atoms with Gasteiger partial charge < -0.3 is 23.7 Å². The fraction of sp³-hybridized carbons (Fsp3) is 0.409. The number of benzene rings is 1. The lowest BCUT2D eigenvalue weighted by atomic mass is 10.1. The summed E-state index contributed by atoms with van der Waals surface area (Å²) in [5, 5.41) is 0.782. The zero-order chi connectivity index (χ0) is 21.5. The molecule has 0 bridgehead atoms. The lowest BCUT2D eigenvalue weighted by molar-refractivity contribution is -0.135. The molecule has 1 aromatic carbocycles. The van der Waals surface area contributed by atoms with Crippen molar-refractivity contribution in [3.8, 4) is 5.75 Å². The Labute approximate surface area is 185 Å². The Morgan fingerprint density at radius 3 is 2.90 bits per heavy atom. The first-order valence-electron chi connectivity index (χ1n) is 10.3. The molecule has 31 heavy (non-hydrogen) atoms. The number of hydrogen-bond acceptors (Lipinski definition) is 8. The van der Waals surface area contributed by atoms with Crippen LogP contribution < -0.4 is 9.64 Å². The zero-order valence-corrected chi connectivity index (χ0v) is 18.3. The minimum atomic E-state index is 0.133. The highest BCUT2D eigenvalue weighted by Crippen LogP contribution is 2.23. The summed E-state index contributed by atoms with van der Waals surface area (Å²) in [6, 6.07) is 11.7. The molecular formula is C22H26N4O4S. The number of aromatic nitrogens is 2. The minimum Gasteiger partial charge on any atom is -0.497 e. The van der Waals surface area contributed by atoms with E-state index in [-0.39, 0.29) is 5.91 Å². The predicted molar refractivity (Wildman–Crippen MR) is 117 cm³/mol. The van der Waals surface area contributed by atoms with E-state index in [2.05, 4.69) is 9.27 Å². The molecule has 1 aliphatic heterocycles. The Balaban J connectivity index is 1.44. The number of anilines is 1. The van der Waals surface area contributed by atoms with Crippen LogP contribution in [0, 0.1) is 0 Å². The molecule has 0 N–H and O–H groups in total. The third-order valence-electron chi connectivity index (χ3n) is 5.11. The van der Waals surface area contributed by atoms with E-state index in [0.29, 0.717) is 52.2 Å². The molecule has 0 radical (unpaired) electrons. The highest BCUT2D eigenvalue weighted by Gasteiger charge is 2.20. The number of ether oxygens (including phenoxy) is 2. The van der Waals surface area contributed by atoms with Crippen LogP contribution in [0.4, 0.5) is 5.13 Å². The van der Waals surface area contributed by atoms with Gasteiger partial charge in [0, 0.05) is 44.0 Å². The van der Waals surface area contributed by atoms with Crippen molar-refractivity contribution in [3.05, 3.63) is 59.8 Å². The Hall–Kier alpha value is -2.91. The number of methoxy groups -OCH3 is 1. The molecule has 1 fully saturated rings. The monoisotopic (exact) mass is 442 g/mol. The number of furan rings is 1. The molecule has 0 unspecified atom stereocenters. The quantitative estimate of drug-likeness (QED) is 0.504. The number of nitrogens with zero attached hydrogens (tertiary/aromatic N) is 4. The van der Waals surface area contributed by atoms with Gasteiger partial charge in [-0.3, -0.25) is 4.79 Å². The second kappa shape index (κ2) is 10.4. The minimum absolute atomic E-state index is 0.133. The third kappa shape index (κ3) is 5.83. The fourth-order valence-electron chi connectivity index (χ4n) is 3.44. The molecule has 3 aromatic rings. The maximum atomic E-state index is 12.6. The van der Waals surface area contributed by atoms with Crippen LogP contribution in [0.25, 0.3) is 0 Å². The van der Waals surface area contributed by atoms with Gasteiger partial charge in [0.2, 0.25) is 11.0 Å². The van der Waals surface area contributed by atoms with Crippen LogP contribution in [-0.4, -0.2) is 60.1 Å². The second-order valence-electron chi connectivity index (χ2n) is 7.27. The van der Waals surface area contributed by atoms with Gasteiger partial charge in [-0.2, -0.15) is 4.37 Å². The lowest BCUT2D eigenvalue weighted by Gasteiger charge is -2.28. The molecule has 3 heterocycles. The van der Waals surface area contributed by atoms with Gasteiger partial charge >= 0.3 is 0 Å². The Kier molecular flexibility index (Phi) is 7.16. The van der Waals surface area contributed by atoms with Crippen LogP contribution in [0.2, 0.25) is 0 Å². The second-order valence-corrected chi connectivity index (χ2v) is 8.00. The van der Waals surface area contributed by atoms with Crippen molar-refractivity contribution in [3.63, 3.8) is 0 Å². The summed E-state index contributed by atoms with van der Waals surface area (Å²) in [5.74, 6) is 2.52. The lowest BCUT2D eigenvalue weighted by Crippen LogP contribution is -2.42. The topological polar surface area (TPSA) is 80.9 Å². The maximum Gasteiger partial charge on any atom is 0.224 e. The fourth-order valence-corrected chi connectivity index (χ4v) is 4.15. The number of rotatable bonds is 9. The molecule has 2 aromatic heterocycles. The van der Waals surface area contributed by atoms with Crippen molar-refractivity contribution < 1.29 is 18.7 Å². The van der Waals surface area contributed by atoms with Gasteiger partial charge in [0.1, 0.15) is 17.3 Å². The van der Waals surface area contributed by atoms with Crippen molar-refractivity contribution in [2.45, 2.75) is 19.4 Å². The molecular weight excluding hydrogens is 416 g/mol. The van der Waals surface area contributed by atoms with Crippen LogP contribution in [0.1, 0.15) is 23.6 Å². The number of amides is 1. The summed E-state index contributed by atoms with van der Waals surface area (Å²) in [5.41, 5.74) is 1.09. The highest BCUT2D eigenvalue weighted by molar-refractivity contribution is 7.09. The van der Waals surface area contributed by atoms with Gasteiger partial charge in [-0.15, -0.1) is 0 Å². The Morgan fingerprint density at radius 1 is 1.26 bits per heavy atom. The van der Waals surface area contributed by atoms with Gasteiger partial charge in [0.25, 0.3) is 0 Å². The summed E-state index contributed by atoms with van der Waals surface area (Å²) >= 11 is 1.34. The van der Waals surface area contributed by atoms with Crippen molar-refractivity contribution in [2.75, 3.05) is 44.9 Å². The molecule has 1 aliphatic rings. The van der Waals surface area contributed by atoms with Gasteiger partial charge in [-0.1, -0.05) is 12.1 Å². The van der Waals surface area contributed by atoms with Gasteiger partial charge in [-0.05, 0) is 29.8 Å². The van der Waals surface area contributed by atoms with Crippen molar-refractivity contribution in [2.24, 2.45) is 0 Å². The molecule has 1 amide bonds. The molecule has 164 valence electrons. The van der Waals surface area contributed by atoms with E-state index in [1.54, 1.807) is 13.4 Å². The summed E-state index contributed by atoms with van der Waals surface area (Å²) in [4.78, 5) is 21.3. The largest absolute Gasteiger partial charge is 0.497 e. The van der Waals surface area contributed by atoms with Crippen LogP contribution >= 0.6 is 11.5 Å². The van der Waals surface area contributed by atoms with Crippen LogP contribution in [0.15, 0.2) is 47.1 Å². The molecule has 0 atom stereocenters. The van der Waals surface area contributed by atoms with E-state index in [0.717, 1.165) is 28.0 Å². The average molecular weight is 443 g/mol.